The van der Waals surface area contributed by atoms with Crippen LogP contribution in [0.1, 0.15) is 41.1 Å². The zero-order valence-corrected chi connectivity index (χ0v) is 19.0. The lowest BCUT2D eigenvalue weighted by Gasteiger charge is -2.09. The predicted octanol–water partition coefficient (Wildman–Crippen LogP) is 5.01. The molecule has 0 fully saturated rings. The van der Waals surface area contributed by atoms with Crippen molar-refractivity contribution < 1.29 is 9.53 Å². The van der Waals surface area contributed by atoms with Gasteiger partial charge in [-0.2, -0.15) is 0 Å². The van der Waals surface area contributed by atoms with Gasteiger partial charge in [0.15, 0.2) is 0 Å². The van der Waals surface area contributed by atoms with Crippen LogP contribution in [0.4, 0.5) is 5.69 Å². The Morgan fingerprint density at radius 1 is 1.06 bits per heavy atom. The van der Waals surface area contributed by atoms with Crippen LogP contribution in [0.2, 0.25) is 0 Å². The van der Waals surface area contributed by atoms with Gasteiger partial charge in [-0.1, -0.05) is 30.3 Å². The first-order valence-corrected chi connectivity index (χ1v) is 12.1. The topological polar surface area (TPSA) is 84.1 Å². The molecule has 6 nitrogen and oxygen atoms in total. The Morgan fingerprint density at radius 3 is 2.67 bits per heavy atom. The summed E-state index contributed by atoms with van der Waals surface area (Å²) in [5, 5.41) is 3.64. The van der Waals surface area contributed by atoms with E-state index in [0.29, 0.717) is 24.5 Å². The fourth-order valence-electron chi connectivity index (χ4n) is 4.16. The molecule has 0 unspecified atom stereocenters. The van der Waals surface area contributed by atoms with E-state index in [-0.39, 0.29) is 17.9 Å². The molecule has 1 amide bonds. The summed E-state index contributed by atoms with van der Waals surface area (Å²) in [6, 6.07) is 17.3. The largest absolute Gasteiger partial charge is 0.489 e. The smallest absolute Gasteiger partial charge is 0.259 e. The molecule has 1 aliphatic rings. The molecule has 0 atom stereocenters. The summed E-state index contributed by atoms with van der Waals surface area (Å²) >= 11 is 1.63. The predicted molar refractivity (Wildman–Crippen MR) is 131 cm³/mol. The third kappa shape index (κ3) is 4.98. The normalized spacial score (nSPS) is 13.0. The molecule has 0 bridgehead atoms. The number of anilines is 1. The Hall–Kier alpha value is -3.45. The van der Waals surface area contributed by atoms with Crippen LogP contribution >= 0.6 is 11.3 Å². The SMILES string of the molecule is O=C(CCc1nc2sc3c(c2c(=O)[nH]1)CCCC3)Nc1ccc(OCc2ccccc2)cc1. The van der Waals surface area contributed by atoms with Crippen molar-refractivity contribution >= 4 is 33.1 Å². The zero-order valence-electron chi connectivity index (χ0n) is 18.2. The minimum Gasteiger partial charge on any atom is -0.489 e. The number of ether oxygens (including phenoxy) is 1. The summed E-state index contributed by atoms with van der Waals surface area (Å²) < 4.78 is 5.78. The van der Waals surface area contributed by atoms with E-state index in [2.05, 4.69) is 15.3 Å². The van der Waals surface area contributed by atoms with Crippen LogP contribution in [0, 0.1) is 0 Å². The highest BCUT2D eigenvalue weighted by Gasteiger charge is 2.19. The zero-order chi connectivity index (χ0) is 22.6. The fourth-order valence-corrected chi connectivity index (χ4v) is 5.44. The highest BCUT2D eigenvalue weighted by molar-refractivity contribution is 7.18. The van der Waals surface area contributed by atoms with Gasteiger partial charge >= 0.3 is 0 Å². The molecule has 5 rings (SSSR count). The number of amides is 1. The Kier molecular flexibility index (Phi) is 6.21. The molecular formula is C26H25N3O3S. The Morgan fingerprint density at radius 2 is 1.85 bits per heavy atom. The first-order valence-electron chi connectivity index (χ1n) is 11.3. The lowest BCUT2D eigenvalue weighted by molar-refractivity contribution is -0.116. The summed E-state index contributed by atoms with van der Waals surface area (Å²) in [6.07, 6.45) is 4.91. The molecule has 33 heavy (non-hydrogen) atoms. The van der Waals surface area contributed by atoms with Crippen molar-refractivity contribution in [3.8, 4) is 5.75 Å². The number of H-pyrrole nitrogens is 1. The Bertz CT molecular complexity index is 1330. The molecule has 1 aliphatic carbocycles. The van der Waals surface area contributed by atoms with E-state index in [9.17, 15) is 9.59 Å². The van der Waals surface area contributed by atoms with Gasteiger partial charge < -0.3 is 15.0 Å². The highest BCUT2D eigenvalue weighted by atomic mass is 32.1. The van der Waals surface area contributed by atoms with Gasteiger partial charge in [0.05, 0.1) is 5.39 Å². The van der Waals surface area contributed by atoms with Crippen molar-refractivity contribution in [1.29, 1.82) is 0 Å². The molecular weight excluding hydrogens is 434 g/mol. The number of carbonyl (C=O) groups is 1. The molecule has 0 radical (unpaired) electrons. The van der Waals surface area contributed by atoms with Crippen LogP contribution in [0.3, 0.4) is 0 Å². The van der Waals surface area contributed by atoms with Crippen LogP contribution < -0.4 is 15.6 Å². The number of benzene rings is 2. The summed E-state index contributed by atoms with van der Waals surface area (Å²) in [4.78, 5) is 34.7. The average molecular weight is 460 g/mol. The van der Waals surface area contributed by atoms with E-state index < -0.39 is 0 Å². The van der Waals surface area contributed by atoms with Crippen molar-refractivity contribution in [2.24, 2.45) is 0 Å². The molecule has 4 aromatic rings. The number of fused-ring (bicyclic) bond motifs is 3. The highest BCUT2D eigenvalue weighted by Crippen LogP contribution is 2.33. The monoisotopic (exact) mass is 459 g/mol. The van der Waals surface area contributed by atoms with Gasteiger partial charge in [0.25, 0.3) is 5.56 Å². The van der Waals surface area contributed by atoms with Gasteiger partial charge in [0.2, 0.25) is 5.91 Å². The van der Waals surface area contributed by atoms with Crippen LogP contribution in [-0.4, -0.2) is 15.9 Å². The number of rotatable bonds is 7. The lowest BCUT2D eigenvalue weighted by atomic mass is 9.97. The number of carbonyl (C=O) groups excluding carboxylic acids is 1. The van der Waals surface area contributed by atoms with Crippen molar-refractivity contribution in [3.63, 3.8) is 0 Å². The summed E-state index contributed by atoms with van der Waals surface area (Å²) in [7, 11) is 0. The summed E-state index contributed by atoms with van der Waals surface area (Å²) in [5.41, 5.74) is 2.90. The van der Waals surface area contributed by atoms with Gasteiger partial charge in [0, 0.05) is 23.4 Å². The van der Waals surface area contributed by atoms with Gasteiger partial charge in [-0.05, 0) is 61.1 Å². The second-order valence-electron chi connectivity index (χ2n) is 8.25. The lowest BCUT2D eigenvalue weighted by Crippen LogP contribution is -2.16. The van der Waals surface area contributed by atoms with Gasteiger partial charge in [0.1, 0.15) is 23.0 Å². The van der Waals surface area contributed by atoms with Crippen LogP contribution in [0.15, 0.2) is 59.4 Å². The summed E-state index contributed by atoms with van der Waals surface area (Å²) in [5.74, 6) is 1.18. The van der Waals surface area contributed by atoms with E-state index in [1.807, 2.05) is 54.6 Å². The van der Waals surface area contributed by atoms with E-state index in [1.54, 1.807) is 11.3 Å². The fraction of sp³-hybridized carbons (Fsp3) is 0.269. The molecule has 2 aromatic carbocycles. The second kappa shape index (κ2) is 9.58. The number of aryl methyl sites for hydroxylation is 3. The average Bonchev–Trinajstić information content (AvgIpc) is 3.22. The van der Waals surface area contributed by atoms with Crippen LogP contribution in [0.5, 0.6) is 5.75 Å². The first kappa shape index (κ1) is 21.4. The maximum absolute atomic E-state index is 12.6. The molecule has 0 saturated carbocycles. The van der Waals surface area contributed by atoms with E-state index >= 15 is 0 Å². The molecule has 2 aromatic heterocycles. The van der Waals surface area contributed by atoms with Crippen molar-refractivity contribution in [2.45, 2.75) is 45.1 Å². The number of nitrogens with one attached hydrogen (secondary N) is 2. The number of nitrogens with zero attached hydrogens (tertiary/aromatic N) is 1. The van der Waals surface area contributed by atoms with Gasteiger partial charge in [-0.3, -0.25) is 9.59 Å². The number of hydrogen-bond acceptors (Lipinski definition) is 5. The number of aromatic amines is 1. The number of thiophene rings is 1. The minimum atomic E-state index is -0.124. The quantitative estimate of drug-likeness (QED) is 0.407. The first-order chi connectivity index (χ1) is 16.2. The van der Waals surface area contributed by atoms with Crippen molar-refractivity contribution in [2.75, 3.05) is 5.32 Å². The number of aromatic nitrogens is 2. The second-order valence-corrected chi connectivity index (χ2v) is 9.33. The molecule has 2 heterocycles. The van der Waals surface area contributed by atoms with Gasteiger partial charge in [-0.25, -0.2) is 4.98 Å². The van der Waals surface area contributed by atoms with Crippen molar-refractivity contribution in [3.05, 3.63) is 86.8 Å². The van der Waals surface area contributed by atoms with Crippen molar-refractivity contribution in [1.82, 2.24) is 9.97 Å². The van der Waals surface area contributed by atoms with E-state index in [4.69, 9.17) is 4.74 Å². The Balaban J connectivity index is 1.17. The van der Waals surface area contributed by atoms with Crippen LogP contribution in [-0.2, 0) is 30.7 Å². The molecule has 0 aliphatic heterocycles. The Labute approximate surface area is 195 Å². The number of hydrogen-bond donors (Lipinski definition) is 2. The molecule has 0 spiro atoms. The molecule has 168 valence electrons. The maximum Gasteiger partial charge on any atom is 0.259 e. The molecule has 0 saturated heterocycles. The molecule has 7 heteroatoms. The summed E-state index contributed by atoms with van der Waals surface area (Å²) in [6.45, 7) is 0.495. The molecule has 2 N–H and O–H groups in total. The third-order valence-electron chi connectivity index (χ3n) is 5.85. The van der Waals surface area contributed by atoms with E-state index in [0.717, 1.165) is 40.8 Å². The van der Waals surface area contributed by atoms with Gasteiger partial charge in [-0.15, -0.1) is 11.3 Å². The minimum absolute atomic E-state index is 0.0825. The third-order valence-corrected chi connectivity index (χ3v) is 7.04. The standard InChI is InChI=1S/C26H25N3O3S/c30-23(27-18-10-12-19(13-11-18)32-16-17-6-2-1-3-7-17)15-14-22-28-25(31)24-20-8-4-5-9-21(20)33-26(24)29-22/h1-3,6-7,10-13H,4-5,8-9,14-16H2,(H,27,30)(H,28,29,31). The maximum atomic E-state index is 12.6. The van der Waals surface area contributed by atoms with E-state index in [1.165, 1.54) is 16.9 Å². The van der Waals surface area contributed by atoms with Crippen LogP contribution in [0.25, 0.3) is 10.2 Å².